The Labute approximate surface area is 126 Å². The molecule has 1 heterocycles. The van der Waals surface area contributed by atoms with Crippen LogP contribution in [0.1, 0.15) is 18.1 Å². The maximum atomic E-state index is 11.3. The van der Waals surface area contributed by atoms with Crippen LogP contribution in [0.15, 0.2) is 30.6 Å². The van der Waals surface area contributed by atoms with Gasteiger partial charge in [-0.15, -0.1) is 0 Å². The van der Waals surface area contributed by atoms with E-state index in [-0.39, 0.29) is 0 Å². The normalized spacial score (nSPS) is 12.3. The Bertz CT molecular complexity index is 612. The molecule has 0 fully saturated rings. The summed E-state index contributed by atoms with van der Waals surface area (Å²) in [4.78, 5) is 0. The quantitative estimate of drug-likeness (QED) is 0.892. The van der Waals surface area contributed by atoms with Crippen LogP contribution in [0, 0.1) is 0 Å². The molecule has 0 saturated carbocycles. The maximum absolute atomic E-state index is 11.3. The largest absolute Gasteiger partial charge is 0.381 e. The van der Waals surface area contributed by atoms with Gasteiger partial charge in [0.25, 0.3) is 0 Å². The van der Waals surface area contributed by atoms with Crippen molar-refractivity contribution in [2.24, 2.45) is 0 Å². The molecule has 108 valence electrons. The minimum atomic E-state index is -0.898. The molecule has 1 atom stereocenters. The fraction of sp³-hybridized carbons (Fsp3) is 0.357. The first-order valence-electron chi connectivity index (χ1n) is 6.42. The van der Waals surface area contributed by atoms with Gasteiger partial charge in [0.2, 0.25) is 0 Å². The Kier molecular flexibility index (Phi) is 5.20. The number of nitrogens with zero attached hydrogens (tertiary/aromatic N) is 2. The predicted octanol–water partition coefficient (Wildman–Crippen LogP) is 3.05. The monoisotopic (exact) mass is 311 g/mol. The summed E-state index contributed by atoms with van der Waals surface area (Å²) >= 11 is 6.10. The van der Waals surface area contributed by atoms with Crippen LogP contribution in [-0.2, 0) is 29.6 Å². The highest BCUT2D eigenvalue weighted by atomic mass is 35.5. The van der Waals surface area contributed by atoms with Crippen LogP contribution in [0.5, 0.6) is 0 Å². The van der Waals surface area contributed by atoms with E-state index in [9.17, 15) is 4.21 Å². The number of benzene rings is 1. The fourth-order valence-corrected chi connectivity index (χ4v) is 2.83. The van der Waals surface area contributed by atoms with E-state index in [1.165, 1.54) is 0 Å². The van der Waals surface area contributed by atoms with E-state index >= 15 is 0 Å². The van der Waals surface area contributed by atoms with E-state index in [1.807, 2.05) is 35.3 Å². The van der Waals surface area contributed by atoms with Gasteiger partial charge in [0.15, 0.2) is 0 Å². The number of aryl methyl sites for hydroxylation is 1. The lowest BCUT2D eigenvalue weighted by Crippen LogP contribution is -2.00. The topological polar surface area (TPSA) is 46.9 Å². The molecule has 2 rings (SSSR count). The summed E-state index contributed by atoms with van der Waals surface area (Å²) < 4.78 is 13.2. The van der Waals surface area contributed by atoms with Gasteiger partial charge in [-0.1, -0.05) is 11.6 Å². The summed E-state index contributed by atoms with van der Waals surface area (Å²) in [6.07, 6.45) is 5.55. The standard InChI is InChI=1S/C14H18ClN3OS/c1-3-18-9-11(8-17-18)7-16-13-4-5-14(15)12(6-13)10-20(2)19/h4-6,8-9,16H,3,7,10H2,1-2H3. The zero-order chi connectivity index (χ0) is 14.5. The summed E-state index contributed by atoms with van der Waals surface area (Å²) in [5, 5.41) is 8.22. The Morgan fingerprint density at radius 3 is 2.90 bits per heavy atom. The first-order chi connectivity index (χ1) is 9.58. The molecule has 0 radical (unpaired) electrons. The van der Waals surface area contributed by atoms with Crippen molar-refractivity contribution < 1.29 is 4.21 Å². The van der Waals surface area contributed by atoms with Crippen LogP contribution in [0.25, 0.3) is 0 Å². The van der Waals surface area contributed by atoms with Crippen molar-refractivity contribution in [3.63, 3.8) is 0 Å². The van der Waals surface area contributed by atoms with Crippen molar-refractivity contribution in [2.75, 3.05) is 11.6 Å². The zero-order valence-corrected chi connectivity index (χ0v) is 13.2. The van der Waals surface area contributed by atoms with Crippen molar-refractivity contribution in [1.29, 1.82) is 0 Å². The van der Waals surface area contributed by atoms with Crippen molar-refractivity contribution >= 4 is 28.1 Å². The highest BCUT2D eigenvalue weighted by Crippen LogP contribution is 2.22. The third-order valence-corrected chi connectivity index (χ3v) is 4.00. The van der Waals surface area contributed by atoms with Gasteiger partial charge >= 0.3 is 0 Å². The number of hydrogen-bond acceptors (Lipinski definition) is 3. The summed E-state index contributed by atoms with van der Waals surface area (Å²) in [7, 11) is -0.898. The molecule has 0 aliphatic carbocycles. The molecule has 0 spiro atoms. The Morgan fingerprint density at radius 2 is 2.25 bits per heavy atom. The highest BCUT2D eigenvalue weighted by Gasteiger charge is 2.05. The van der Waals surface area contributed by atoms with E-state index in [2.05, 4.69) is 17.3 Å². The predicted molar refractivity (Wildman–Crippen MR) is 84.5 cm³/mol. The molecule has 0 bridgehead atoms. The van der Waals surface area contributed by atoms with Crippen molar-refractivity contribution in [2.45, 2.75) is 25.8 Å². The number of anilines is 1. The average molecular weight is 312 g/mol. The molecule has 6 heteroatoms. The van der Waals surface area contributed by atoms with E-state index in [0.29, 0.717) is 17.3 Å². The summed E-state index contributed by atoms with van der Waals surface area (Å²) in [5.41, 5.74) is 3.00. The second kappa shape index (κ2) is 6.90. The number of rotatable bonds is 6. The molecule has 2 aromatic rings. The summed E-state index contributed by atoms with van der Waals surface area (Å²) in [5.74, 6) is 0.474. The van der Waals surface area contributed by atoms with Crippen molar-refractivity contribution in [3.05, 3.63) is 46.7 Å². The minimum Gasteiger partial charge on any atom is -0.381 e. The van der Waals surface area contributed by atoms with Crippen LogP contribution in [0.3, 0.4) is 0 Å². The first kappa shape index (κ1) is 15.1. The number of halogens is 1. The van der Waals surface area contributed by atoms with Gasteiger partial charge in [0.1, 0.15) is 0 Å². The third-order valence-electron chi connectivity index (χ3n) is 2.91. The fourth-order valence-electron chi connectivity index (χ4n) is 1.89. The van der Waals surface area contributed by atoms with Crippen LogP contribution in [0.4, 0.5) is 5.69 Å². The van der Waals surface area contributed by atoms with Gasteiger partial charge in [-0.3, -0.25) is 8.89 Å². The molecule has 1 unspecified atom stereocenters. The Morgan fingerprint density at radius 1 is 1.45 bits per heavy atom. The average Bonchev–Trinajstić information content (AvgIpc) is 2.87. The van der Waals surface area contributed by atoms with Gasteiger partial charge in [-0.2, -0.15) is 5.10 Å². The van der Waals surface area contributed by atoms with Gasteiger partial charge in [-0.05, 0) is 30.7 Å². The second-order valence-electron chi connectivity index (χ2n) is 4.58. The second-order valence-corrected chi connectivity index (χ2v) is 6.42. The molecule has 0 aliphatic rings. The summed E-state index contributed by atoms with van der Waals surface area (Å²) in [6.45, 7) is 3.63. The van der Waals surface area contributed by atoms with E-state index in [1.54, 1.807) is 6.26 Å². The first-order valence-corrected chi connectivity index (χ1v) is 8.52. The lowest BCUT2D eigenvalue weighted by atomic mass is 10.2. The van der Waals surface area contributed by atoms with Crippen LogP contribution >= 0.6 is 11.6 Å². The molecular formula is C14H18ClN3OS. The lowest BCUT2D eigenvalue weighted by Gasteiger charge is -2.08. The Hall–Kier alpha value is -1.33. The maximum Gasteiger partial charge on any atom is 0.0539 e. The van der Waals surface area contributed by atoms with E-state index < -0.39 is 10.8 Å². The van der Waals surface area contributed by atoms with Gasteiger partial charge in [0, 0.05) is 58.4 Å². The molecule has 0 aliphatic heterocycles. The van der Waals surface area contributed by atoms with Crippen LogP contribution in [-0.4, -0.2) is 20.2 Å². The van der Waals surface area contributed by atoms with Crippen molar-refractivity contribution in [1.82, 2.24) is 9.78 Å². The molecule has 4 nitrogen and oxygen atoms in total. The molecule has 1 aromatic carbocycles. The van der Waals surface area contributed by atoms with E-state index in [4.69, 9.17) is 11.6 Å². The smallest absolute Gasteiger partial charge is 0.0539 e. The van der Waals surface area contributed by atoms with Gasteiger partial charge in [0.05, 0.1) is 6.20 Å². The third kappa shape index (κ3) is 4.08. The van der Waals surface area contributed by atoms with Crippen LogP contribution in [0.2, 0.25) is 5.02 Å². The van der Waals surface area contributed by atoms with Crippen molar-refractivity contribution in [3.8, 4) is 0 Å². The number of hydrogen-bond donors (Lipinski definition) is 1. The van der Waals surface area contributed by atoms with Gasteiger partial charge in [-0.25, -0.2) is 0 Å². The van der Waals surface area contributed by atoms with Crippen LogP contribution < -0.4 is 5.32 Å². The summed E-state index contributed by atoms with van der Waals surface area (Å²) in [6, 6.07) is 5.71. The molecule has 0 amide bonds. The molecule has 1 N–H and O–H groups in total. The van der Waals surface area contributed by atoms with Gasteiger partial charge < -0.3 is 5.32 Å². The molecule has 1 aromatic heterocycles. The lowest BCUT2D eigenvalue weighted by molar-refractivity contribution is 0.659. The SMILES string of the molecule is CCn1cc(CNc2ccc(Cl)c(CS(C)=O)c2)cn1. The molecule has 20 heavy (non-hydrogen) atoms. The number of nitrogens with one attached hydrogen (secondary N) is 1. The highest BCUT2D eigenvalue weighted by molar-refractivity contribution is 7.83. The Balaban J connectivity index is 2.03. The zero-order valence-electron chi connectivity index (χ0n) is 11.6. The number of aromatic nitrogens is 2. The molecule has 0 saturated heterocycles. The van der Waals surface area contributed by atoms with E-state index in [0.717, 1.165) is 23.4 Å². The minimum absolute atomic E-state index is 0.474. The molecular weight excluding hydrogens is 294 g/mol.